The number of Topliss-reactive ketones (excluding diaryl/α,β-unsaturated/α-hetero) is 3. The van der Waals surface area contributed by atoms with Crippen molar-refractivity contribution in [2.24, 2.45) is 0 Å². The number of rotatable bonds is 5. The molecule has 3 aromatic carbocycles. The maximum Gasteiger partial charge on any atom is 0.211 e. The summed E-state index contributed by atoms with van der Waals surface area (Å²) >= 11 is 0. The van der Waals surface area contributed by atoms with E-state index in [4.69, 9.17) is 0 Å². The molecule has 2 heterocycles. The van der Waals surface area contributed by atoms with Crippen molar-refractivity contribution in [2.75, 3.05) is 0 Å². The Morgan fingerprint density at radius 3 is 1.70 bits per heavy atom. The Morgan fingerprint density at radius 2 is 1.14 bits per heavy atom. The average Bonchev–Trinajstić information content (AvgIpc) is 3.22. The van der Waals surface area contributed by atoms with Gasteiger partial charge in [-0.3, -0.25) is 14.4 Å². The first-order valence-corrected chi connectivity index (χ1v) is 14.1. The van der Waals surface area contributed by atoms with E-state index in [9.17, 15) is 31.2 Å². The molecule has 0 bridgehead atoms. The summed E-state index contributed by atoms with van der Waals surface area (Å²) in [4.78, 5) is 37.7. The van der Waals surface area contributed by atoms with E-state index in [0.717, 1.165) is 12.2 Å². The Kier molecular flexibility index (Phi) is 5.97. The van der Waals surface area contributed by atoms with E-state index in [1.54, 1.807) is 42.5 Å². The van der Waals surface area contributed by atoms with Gasteiger partial charge in [0, 0.05) is 22.3 Å². The summed E-state index contributed by atoms with van der Waals surface area (Å²) < 4.78 is 51.7. The SMILES string of the molecule is O=C(C(=CC=C1C(=O)c2ccccc2S1(=O)=O)CC=C1C(=O)c2ccccc2S1(=O)=O)c1ccccc1. The molecule has 9 heteroatoms. The topological polar surface area (TPSA) is 119 Å². The molecular weight excluding hydrogens is 512 g/mol. The van der Waals surface area contributed by atoms with Crippen LogP contribution in [0.3, 0.4) is 0 Å². The number of hydrogen-bond donors (Lipinski definition) is 0. The van der Waals surface area contributed by atoms with Crippen LogP contribution in [-0.4, -0.2) is 34.2 Å². The Hall–Kier alpha value is -4.21. The number of carbonyl (C=O) groups is 3. The van der Waals surface area contributed by atoms with E-state index in [0.29, 0.717) is 0 Å². The normalized spacial score (nSPS) is 19.7. The fourth-order valence-electron chi connectivity index (χ4n) is 4.28. The summed E-state index contributed by atoms with van der Waals surface area (Å²) in [6, 6.07) is 19.7. The van der Waals surface area contributed by atoms with Gasteiger partial charge in [0.05, 0.1) is 9.79 Å². The molecule has 0 saturated heterocycles. The highest BCUT2D eigenvalue weighted by atomic mass is 32.2. The van der Waals surface area contributed by atoms with Gasteiger partial charge in [-0.1, -0.05) is 66.7 Å². The lowest BCUT2D eigenvalue weighted by atomic mass is 9.99. The molecule has 0 saturated carbocycles. The molecule has 0 fully saturated rings. The van der Waals surface area contributed by atoms with Crippen LogP contribution in [-0.2, 0) is 19.7 Å². The van der Waals surface area contributed by atoms with Crippen LogP contribution in [0.25, 0.3) is 0 Å². The molecule has 7 nitrogen and oxygen atoms in total. The number of fused-ring (bicyclic) bond motifs is 2. The summed E-state index contributed by atoms with van der Waals surface area (Å²) in [6.07, 6.45) is 3.13. The van der Waals surface area contributed by atoms with E-state index in [2.05, 4.69) is 0 Å². The molecule has 0 N–H and O–H groups in total. The second-order valence-corrected chi connectivity index (χ2v) is 12.1. The molecule has 0 radical (unpaired) electrons. The fraction of sp³-hybridized carbons (Fsp3) is 0.0357. The van der Waals surface area contributed by atoms with Crippen LogP contribution in [0.2, 0.25) is 0 Å². The Balaban J connectivity index is 1.58. The van der Waals surface area contributed by atoms with Gasteiger partial charge in [-0.05, 0) is 36.8 Å². The number of sulfone groups is 2. The van der Waals surface area contributed by atoms with Crippen molar-refractivity contribution < 1.29 is 31.2 Å². The predicted octanol–water partition coefficient (Wildman–Crippen LogP) is 4.29. The molecule has 2 aliphatic rings. The molecule has 0 aromatic heterocycles. The third-order valence-electron chi connectivity index (χ3n) is 6.14. The minimum absolute atomic E-state index is 0.00381. The van der Waals surface area contributed by atoms with Crippen LogP contribution in [0.15, 0.2) is 122 Å². The smallest absolute Gasteiger partial charge is 0.211 e. The zero-order valence-corrected chi connectivity index (χ0v) is 20.8. The molecule has 0 amide bonds. The monoisotopic (exact) mass is 530 g/mol. The van der Waals surface area contributed by atoms with Crippen molar-refractivity contribution in [3.8, 4) is 0 Å². The minimum atomic E-state index is -4.09. The van der Waals surface area contributed by atoms with Crippen LogP contribution in [0.5, 0.6) is 0 Å². The number of allylic oxidation sites excluding steroid dienone is 6. The third-order valence-corrected chi connectivity index (χ3v) is 9.84. The van der Waals surface area contributed by atoms with Crippen LogP contribution in [0.1, 0.15) is 37.5 Å². The highest BCUT2D eigenvalue weighted by Gasteiger charge is 2.39. The lowest BCUT2D eigenvalue weighted by Gasteiger charge is -2.05. The molecule has 3 aromatic rings. The standard InChI is InChI=1S/C28H18O7S2/c29-26(18-8-2-1-3-9-18)19(14-16-24-27(30)20-10-4-6-12-22(20)36(24,32)33)15-17-25-28(31)21-11-5-7-13-23(21)37(25,34)35/h1-14,16-17H,15H2. The van der Waals surface area contributed by atoms with Crippen molar-refractivity contribution >= 4 is 37.0 Å². The Labute approximate surface area is 213 Å². The Bertz CT molecular complexity index is 1810. The number of benzene rings is 3. The van der Waals surface area contributed by atoms with Crippen LogP contribution < -0.4 is 0 Å². The van der Waals surface area contributed by atoms with E-state index in [1.165, 1.54) is 42.5 Å². The van der Waals surface area contributed by atoms with Crippen molar-refractivity contribution in [2.45, 2.75) is 16.2 Å². The zero-order chi connectivity index (χ0) is 26.4. The highest BCUT2D eigenvalue weighted by molar-refractivity contribution is 7.97. The van der Waals surface area contributed by atoms with Gasteiger partial charge >= 0.3 is 0 Å². The van der Waals surface area contributed by atoms with E-state index < -0.39 is 46.8 Å². The summed E-state index contributed by atoms with van der Waals surface area (Å²) in [5, 5.41) is 0. The molecule has 0 aliphatic carbocycles. The first-order chi connectivity index (χ1) is 17.6. The molecule has 0 atom stereocenters. The van der Waals surface area contributed by atoms with Crippen LogP contribution in [0, 0.1) is 0 Å². The van der Waals surface area contributed by atoms with Gasteiger partial charge in [-0.15, -0.1) is 0 Å². The number of carbonyl (C=O) groups excluding carboxylic acids is 3. The number of ketones is 3. The first kappa shape index (κ1) is 24.5. The maximum absolute atomic E-state index is 13.3. The van der Waals surface area contributed by atoms with Crippen LogP contribution in [0.4, 0.5) is 0 Å². The van der Waals surface area contributed by atoms with Crippen molar-refractivity contribution in [3.05, 3.63) is 129 Å². The summed E-state index contributed by atoms with van der Waals surface area (Å²) in [5.74, 6) is -1.87. The van der Waals surface area contributed by atoms with E-state index in [1.807, 2.05) is 0 Å². The maximum atomic E-state index is 13.3. The molecule has 184 valence electrons. The van der Waals surface area contributed by atoms with E-state index >= 15 is 0 Å². The minimum Gasteiger partial charge on any atom is -0.289 e. The zero-order valence-electron chi connectivity index (χ0n) is 19.1. The van der Waals surface area contributed by atoms with Crippen molar-refractivity contribution in [1.29, 1.82) is 0 Å². The lowest BCUT2D eigenvalue weighted by Crippen LogP contribution is -2.07. The molecule has 2 aliphatic heterocycles. The van der Waals surface area contributed by atoms with Gasteiger partial charge in [-0.25, -0.2) is 16.8 Å². The van der Waals surface area contributed by atoms with Gasteiger partial charge in [-0.2, -0.15) is 0 Å². The molecule has 37 heavy (non-hydrogen) atoms. The average molecular weight is 531 g/mol. The lowest BCUT2D eigenvalue weighted by molar-refractivity contribution is 0.102. The van der Waals surface area contributed by atoms with Gasteiger partial charge in [0.1, 0.15) is 9.81 Å². The molecular formula is C28H18O7S2. The van der Waals surface area contributed by atoms with E-state index in [-0.39, 0.29) is 38.5 Å². The second-order valence-electron chi connectivity index (χ2n) is 8.35. The first-order valence-electron chi connectivity index (χ1n) is 11.1. The third kappa shape index (κ3) is 4.02. The molecule has 5 rings (SSSR count). The van der Waals surface area contributed by atoms with Crippen molar-refractivity contribution in [3.63, 3.8) is 0 Å². The molecule has 0 spiro atoms. The fourth-order valence-corrected chi connectivity index (χ4v) is 7.43. The van der Waals surface area contributed by atoms with Gasteiger partial charge < -0.3 is 0 Å². The number of hydrogen-bond acceptors (Lipinski definition) is 7. The predicted molar refractivity (Wildman–Crippen MR) is 136 cm³/mol. The van der Waals surface area contributed by atoms with Gasteiger partial charge in [0.25, 0.3) is 0 Å². The summed E-state index contributed by atoms with van der Waals surface area (Å²) in [7, 11) is -8.15. The summed E-state index contributed by atoms with van der Waals surface area (Å²) in [5.41, 5.74) is 0.374. The van der Waals surface area contributed by atoms with Gasteiger partial charge in [0.2, 0.25) is 31.2 Å². The van der Waals surface area contributed by atoms with Gasteiger partial charge in [0.15, 0.2) is 5.78 Å². The highest BCUT2D eigenvalue weighted by Crippen LogP contribution is 2.36. The largest absolute Gasteiger partial charge is 0.289 e. The molecule has 0 unspecified atom stereocenters. The summed E-state index contributed by atoms with van der Waals surface area (Å²) in [6.45, 7) is 0. The second kappa shape index (κ2) is 9.02. The van der Waals surface area contributed by atoms with Crippen LogP contribution >= 0.6 is 0 Å². The Morgan fingerprint density at radius 1 is 0.649 bits per heavy atom. The quantitative estimate of drug-likeness (QED) is 0.356. The van der Waals surface area contributed by atoms with Crippen molar-refractivity contribution in [1.82, 2.24) is 0 Å².